The van der Waals surface area contributed by atoms with E-state index in [1.807, 2.05) is 46.0 Å². The number of nitrogens with zero attached hydrogens (tertiary/aromatic N) is 3. The molecule has 1 unspecified atom stereocenters. The van der Waals surface area contributed by atoms with Crippen molar-refractivity contribution in [3.63, 3.8) is 0 Å². The molecule has 1 fully saturated rings. The highest BCUT2D eigenvalue weighted by molar-refractivity contribution is 7.08. The van der Waals surface area contributed by atoms with Gasteiger partial charge in [0.2, 0.25) is 17.7 Å². The standard InChI is InChI=1S/C20H21N3O3S/c1-25-17-6-4-14(5-7-17)11-18(24)23-9-2-3-15(12-23)19-21-22-20(26-19)16-8-10-27-13-16/h4-8,10,13,15H,2-3,9,11-12H2,1H3. The van der Waals surface area contributed by atoms with E-state index in [4.69, 9.17) is 9.15 Å². The minimum Gasteiger partial charge on any atom is -0.497 e. The lowest BCUT2D eigenvalue weighted by atomic mass is 9.97. The predicted molar refractivity (Wildman–Crippen MR) is 103 cm³/mol. The molecule has 1 aliphatic rings. The molecule has 3 aromatic rings. The van der Waals surface area contributed by atoms with Gasteiger partial charge in [-0.3, -0.25) is 4.79 Å². The molecule has 2 aromatic heterocycles. The fourth-order valence-corrected chi connectivity index (χ4v) is 3.97. The van der Waals surface area contributed by atoms with Crippen LogP contribution < -0.4 is 4.74 Å². The smallest absolute Gasteiger partial charge is 0.248 e. The summed E-state index contributed by atoms with van der Waals surface area (Å²) >= 11 is 1.60. The third kappa shape index (κ3) is 4.03. The number of benzene rings is 1. The molecule has 0 spiro atoms. The van der Waals surface area contributed by atoms with E-state index in [0.717, 1.165) is 36.3 Å². The molecule has 7 heteroatoms. The van der Waals surface area contributed by atoms with E-state index in [2.05, 4.69) is 10.2 Å². The Bertz CT molecular complexity index is 890. The summed E-state index contributed by atoms with van der Waals surface area (Å²) in [4.78, 5) is 14.6. The van der Waals surface area contributed by atoms with Crippen molar-refractivity contribution in [2.45, 2.75) is 25.2 Å². The van der Waals surface area contributed by atoms with Gasteiger partial charge in [-0.1, -0.05) is 12.1 Å². The van der Waals surface area contributed by atoms with Crippen LogP contribution in [0.5, 0.6) is 5.75 Å². The first-order chi connectivity index (χ1) is 13.2. The Balaban J connectivity index is 1.40. The topological polar surface area (TPSA) is 68.5 Å². The van der Waals surface area contributed by atoms with Crippen LogP contribution in [-0.2, 0) is 11.2 Å². The highest BCUT2D eigenvalue weighted by Gasteiger charge is 2.28. The Morgan fingerprint density at radius 3 is 2.89 bits per heavy atom. The Morgan fingerprint density at radius 2 is 2.15 bits per heavy atom. The van der Waals surface area contributed by atoms with E-state index in [1.165, 1.54) is 0 Å². The lowest BCUT2D eigenvalue weighted by Crippen LogP contribution is -2.40. The Hall–Kier alpha value is -2.67. The van der Waals surface area contributed by atoms with Crippen molar-refractivity contribution < 1.29 is 13.9 Å². The second kappa shape index (κ2) is 7.92. The molecule has 1 saturated heterocycles. The summed E-state index contributed by atoms with van der Waals surface area (Å²) in [5.74, 6) is 2.19. The average molecular weight is 383 g/mol. The second-order valence-corrected chi connectivity index (χ2v) is 7.44. The van der Waals surface area contributed by atoms with Gasteiger partial charge in [0.05, 0.1) is 19.4 Å². The van der Waals surface area contributed by atoms with Crippen LogP contribution in [0.2, 0.25) is 0 Å². The van der Waals surface area contributed by atoms with Crippen molar-refractivity contribution in [2.24, 2.45) is 0 Å². The molecular formula is C20H21N3O3S. The number of hydrogen-bond donors (Lipinski definition) is 0. The van der Waals surface area contributed by atoms with Crippen LogP contribution in [-0.4, -0.2) is 41.2 Å². The fraction of sp³-hybridized carbons (Fsp3) is 0.350. The van der Waals surface area contributed by atoms with Crippen LogP contribution in [0, 0.1) is 0 Å². The van der Waals surface area contributed by atoms with Gasteiger partial charge in [-0.15, -0.1) is 10.2 Å². The predicted octanol–water partition coefficient (Wildman–Crippen LogP) is 3.76. The molecule has 0 N–H and O–H groups in total. The highest BCUT2D eigenvalue weighted by Crippen LogP contribution is 2.29. The highest BCUT2D eigenvalue weighted by atomic mass is 32.1. The second-order valence-electron chi connectivity index (χ2n) is 6.66. The van der Waals surface area contributed by atoms with Gasteiger partial charge in [-0.25, -0.2) is 0 Å². The van der Waals surface area contributed by atoms with Gasteiger partial charge in [0.1, 0.15) is 5.75 Å². The average Bonchev–Trinajstić information content (AvgIpc) is 3.40. The third-order valence-corrected chi connectivity index (χ3v) is 5.53. The summed E-state index contributed by atoms with van der Waals surface area (Å²) in [5.41, 5.74) is 1.93. The first kappa shape index (κ1) is 17.7. The van der Waals surface area contributed by atoms with Gasteiger partial charge in [0.25, 0.3) is 0 Å². The maximum Gasteiger partial charge on any atom is 0.248 e. The first-order valence-corrected chi connectivity index (χ1v) is 9.94. The molecule has 1 amide bonds. The molecule has 140 valence electrons. The van der Waals surface area contributed by atoms with Gasteiger partial charge < -0.3 is 14.1 Å². The van der Waals surface area contributed by atoms with Gasteiger partial charge >= 0.3 is 0 Å². The zero-order valence-corrected chi connectivity index (χ0v) is 15.9. The van der Waals surface area contributed by atoms with Crippen LogP contribution in [0.4, 0.5) is 0 Å². The number of likely N-dealkylation sites (tertiary alicyclic amines) is 1. The molecule has 1 atom stereocenters. The van der Waals surface area contributed by atoms with Crippen LogP contribution >= 0.6 is 11.3 Å². The number of ether oxygens (including phenoxy) is 1. The lowest BCUT2D eigenvalue weighted by molar-refractivity contribution is -0.131. The number of aromatic nitrogens is 2. The normalized spacial score (nSPS) is 17.1. The molecule has 0 bridgehead atoms. The molecule has 4 rings (SSSR count). The molecule has 1 aliphatic heterocycles. The minimum absolute atomic E-state index is 0.0958. The number of piperidine rings is 1. The van der Waals surface area contributed by atoms with Crippen LogP contribution in [0.25, 0.3) is 11.5 Å². The van der Waals surface area contributed by atoms with Gasteiger partial charge in [0, 0.05) is 24.0 Å². The summed E-state index contributed by atoms with van der Waals surface area (Å²) in [5, 5.41) is 12.4. The summed E-state index contributed by atoms with van der Waals surface area (Å²) in [6.07, 6.45) is 2.29. The molecule has 6 nitrogen and oxygen atoms in total. The van der Waals surface area contributed by atoms with Gasteiger partial charge in [-0.2, -0.15) is 11.3 Å². The summed E-state index contributed by atoms with van der Waals surface area (Å²) in [6, 6.07) is 9.60. The maximum absolute atomic E-state index is 12.7. The van der Waals surface area contributed by atoms with Gasteiger partial charge in [0.15, 0.2) is 0 Å². The van der Waals surface area contributed by atoms with Crippen LogP contribution in [0.15, 0.2) is 45.5 Å². The van der Waals surface area contributed by atoms with Crippen molar-refractivity contribution in [3.8, 4) is 17.2 Å². The van der Waals surface area contributed by atoms with Crippen molar-refractivity contribution in [2.75, 3.05) is 20.2 Å². The molecular weight excluding hydrogens is 362 g/mol. The van der Waals surface area contributed by atoms with Crippen LogP contribution in [0.3, 0.4) is 0 Å². The summed E-state index contributed by atoms with van der Waals surface area (Å²) < 4.78 is 11.0. The monoisotopic (exact) mass is 383 g/mol. The third-order valence-electron chi connectivity index (χ3n) is 4.85. The molecule has 0 saturated carbocycles. The maximum atomic E-state index is 12.7. The summed E-state index contributed by atoms with van der Waals surface area (Å²) in [7, 11) is 1.63. The Morgan fingerprint density at radius 1 is 1.30 bits per heavy atom. The SMILES string of the molecule is COc1ccc(CC(=O)N2CCCC(c3nnc(-c4ccsc4)o3)C2)cc1. The van der Waals surface area contributed by atoms with E-state index in [9.17, 15) is 4.79 Å². The van der Waals surface area contributed by atoms with Crippen LogP contribution in [0.1, 0.15) is 30.2 Å². The summed E-state index contributed by atoms with van der Waals surface area (Å²) in [6.45, 7) is 1.40. The van der Waals surface area contributed by atoms with Crippen molar-refractivity contribution in [3.05, 3.63) is 52.5 Å². The molecule has 3 heterocycles. The number of methoxy groups -OCH3 is 1. The lowest BCUT2D eigenvalue weighted by Gasteiger charge is -2.31. The van der Waals surface area contributed by atoms with E-state index in [1.54, 1.807) is 18.4 Å². The molecule has 0 aliphatic carbocycles. The number of hydrogen-bond acceptors (Lipinski definition) is 6. The van der Waals surface area contributed by atoms with Crippen molar-refractivity contribution in [1.29, 1.82) is 0 Å². The van der Waals surface area contributed by atoms with Crippen molar-refractivity contribution >= 4 is 17.2 Å². The zero-order valence-electron chi connectivity index (χ0n) is 15.1. The minimum atomic E-state index is 0.0958. The van der Waals surface area contributed by atoms with E-state index in [-0.39, 0.29) is 11.8 Å². The zero-order chi connectivity index (χ0) is 18.6. The van der Waals surface area contributed by atoms with Crippen molar-refractivity contribution in [1.82, 2.24) is 15.1 Å². The largest absolute Gasteiger partial charge is 0.497 e. The number of amides is 1. The van der Waals surface area contributed by atoms with E-state index < -0.39 is 0 Å². The number of thiophene rings is 1. The molecule has 1 aromatic carbocycles. The van der Waals surface area contributed by atoms with Gasteiger partial charge in [-0.05, 0) is 42.0 Å². The Kier molecular flexibility index (Phi) is 5.20. The number of carbonyl (C=O) groups excluding carboxylic acids is 1. The first-order valence-electron chi connectivity index (χ1n) is 8.99. The quantitative estimate of drug-likeness (QED) is 0.671. The molecule has 0 radical (unpaired) electrons. The number of carbonyl (C=O) groups is 1. The number of rotatable bonds is 5. The van der Waals surface area contributed by atoms with E-state index in [0.29, 0.717) is 24.7 Å². The molecule has 27 heavy (non-hydrogen) atoms. The Labute approximate surface area is 161 Å². The fourth-order valence-electron chi connectivity index (χ4n) is 3.34. The van der Waals surface area contributed by atoms with E-state index >= 15 is 0 Å².